The summed E-state index contributed by atoms with van der Waals surface area (Å²) in [6.45, 7) is 7.03. The van der Waals surface area contributed by atoms with Crippen LogP contribution in [0.5, 0.6) is 5.88 Å². The Balaban J connectivity index is 1.59. The predicted octanol–water partition coefficient (Wildman–Crippen LogP) is 4.04. The number of rotatable bonds is 6. The molecule has 1 fully saturated rings. The fourth-order valence-corrected chi connectivity index (χ4v) is 3.87. The fourth-order valence-electron chi connectivity index (χ4n) is 3.87. The molecule has 38 heavy (non-hydrogen) atoms. The second-order valence-electron chi connectivity index (χ2n) is 10.2. The Hall–Kier alpha value is -3.94. The number of halogens is 1. The summed E-state index contributed by atoms with van der Waals surface area (Å²) in [7, 11) is 3.05. The monoisotopic (exact) mass is 526 g/mol. The number of carbonyl (C=O) groups is 2. The largest absolute Gasteiger partial charge is 0.480 e. The average molecular weight is 527 g/mol. The Morgan fingerprint density at radius 3 is 2.63 bits per heavy atom. The summed E-state index contributed by atoms with van der Waals surface area (Å²) in [5, 5.41) is 6.00. The van der Waals surface area contributed by atoms with Crippen molar-refractivity contribution in [3.63, 3.8) is 0 Å². The van der Waals surface area contributed by atoms with Crippen LogP contribution in [-0.2, 0) is 9.53 Å². The minimum atomic E-state index is -0.671. The van der Waals surface area contributed by atoms with Gasteiger partial charge in [0.2, 0.25) is 23.7 Å². The topological polar surface area (TPSA) is 119 Å². The van der Waals surface area contributed by atoms with Crippen molar-refractivity contribution in [3.8, 4) is 17.7 Å². The molecule has 0 aliphatic heterocycles. The van der Waals surface area contributed by atoms with Crippen molar-refractivity contribution in [2.75, 3.05) is 19.5 Å². The summed E-state index contributed by atoms with van der Waals surface area (Å²) in [5.74, 6) is 6.22. The van der Waals surface area contributed by atoms with Crippen molar-refractivity contribution < 1.29 is 23.5 Å². The molecule has 0 bridgehead atoms. The smallest absolute Gasteiger partial charge is 0.410 e. The lowest BCUT2D eigenvalue weighted by atomic mass is 9.86. The van der Waals surface area contributed by atoms with Gasteiger partial charge in [-0.2, -0.15) is 9.37 Å². The first-order valence-electron chi connectivity index (χ1n) is 12.5. The number of likely N-dealkylation sites (N-methyl/N-ethyl adjacent to an activating group) is 1. The molecular weight excluding hydrogens is 491 g/mol. The number of anilines is 2. The van der Waals surface area contributed by atoms with Crippen LogP contribution in [0, 0.1) is 23.7 Å². The van der Waals surface area contributed by atoms with Gasteiger partial charge in [0.05, 0.1) is 25.2 Å². The SMILES string of the molecule is COc1nc(Nc2ccc(F)nc2)ncc1C#C[C@@H]1CCC[C@H](NC(=O)[C@H](C)N(C)C(=O)OC(C)(C)C)C1. The molecule has 3 rings (SSSR count). The number of amides is 2. The van der Waals surface area contributed by atoms with E-state index in [1.807, 2.05) is 0 Å². The molecule has 2 N–H and O–H groups in total. The van der Waals surface area contributed by atoms with Gasteiger partial charge in [0.25, 0.3) is 0 Å². The Morgan fingerprint density at radius 1 is 1.21 bits per heavy atom. The summed E-state index contributed by atoms with van der Waals surface area (Å²) in [6, 6.07) is 2.05. The molecule has 3 atom stereocenters. The molecule has 0 saturated heterocycles. The van der Waals surface area contributed by atoms with Crippen molar-refractivity contribution in [1.82, 2.24) is 25.2 Å². The predicted molar refractivity (Wildman–Crippen MR) is 140 cm³/mol. The number of ether oxygens (including phenoxy) is 2. The molecule has 0 radical (unpaired) electrons. The van der Waals surface area contributed by atoms with Gasteiger partial charge in [0.1, 0.15) is 17.2 Å². The number of carbonyl (C=O) groups excluding carboxylic acids is 2. The summed E-state index contributed by atoms with van der Waals surface area (Å²) in [4.78, 5) is 38.6. The van der Waals surface area contributed by atoms with Crippen LogP contribution in [0.1, 0.15) is 58.9 Å². The zero-order valence-corrected chi connectivity index (χ0v) is 22.7. The van der Waals surface area contributed by atoms with Gasteiger partial charge in [0, 0.05) is 19.0 Å². The summed E-state index contributed by atoms with van der Waals surface area (Å²) >= 11 is 0. The second kappa shape index (κ2) is 12.5. The maximum Gasteiger partial charge on any atom is 0.410 e. The van der Waals surface area contributed by atoms with Gasteiger partial charge in [0.15, 0.2) is 0 Å². The molecule has 11 heteroatoms. The summed E-state index contributed by atoms with van der Waals surface area (Å²) in [5.41, 5.74) is 0.435. The standard InChI is InChI=1S/C27H35FN6O4/c1-17(34(5)26(36)38-27(2,3)4)23(35)31-20-9-7-8-18(14-20)10-11-19-15-30-25(33-24(19)37-6)32-21-12-13-22(28)29-16-21/h12-13,15-18,20H,7-9,14H2,1-6H3,(H,31,35)(H,30,32,33)/t17-,18-,20-/m0/s1. The first-order valence-corrected chi connectivity index (χ1v) is 12.5. The first-order chi connectivity index (χ1) is 17.9. The van der Waals surface area contributed by atoms with Crippen LogP contribution in [-0.4, -0.2) is 63.7 Å². The summed E-state index contributed by atoms with van der Waals surface area (Å²) < 4.78 is 23.8. The molecule has 1 saturated carbocycles. The Labute approximate surface area is 222 Å². The van der Waals surface area contributed by atoms with E-state index in [0.717, 1.165) is 19.3 Å². The maximum atomic E-state index is 13.0. The molecule has 2 amide bonds. The van der Waals surface area contributed by atoms with E-state index in [-0.39, 0.29) is 23.8 Å². The van der Waals surface area contributed by atoms with Gasteiger partial charge in [-0.1, -0.05) is 18.3 Å². The molecule has 0 unspecified atom stereocenters. The van der Waals surface area contributed by atoms with E-state index < -0.39 is 23.7 Å². The molecule has 1 aliphatic rings. The van der Waals surface area contributed by atoms with E-state index >= 15 is 0 Å². The highest BCUT2D eigenvalue weighted by Crippen LogP contribution is 2.25. The second-order valence-corrected chi connectivity index (χ2v) is 10.2. The Morgan fingerprint density at radius 2 is 1.97 bits per heavy atom. The zero-order chi connectivity index (χ0) is 27.9. The van der Waals surface area contributed by atoms with Crippen molar-refractivity contribution >= 4 is 23.6 Å². The number of methoxy groups -OCH3 is 1. The lowest BCUT2D eigenvalue weighted by Crippen LogP contribution is -2.50. The number of aromatic nitrogens is 3. The number of hydrogen-bond acceptors (Lipinski definition) is 8. The van der Waals surface area contributed by atoms with E-state index in [1.165, 1.54) is 30.3 Å². The average Bonchev–Trinajstić information content (AvgIpc) is 2.87. The van der Waals surface area contributed by atoms with Crippen molar-refractivity contribution in [2.45, 2.75) is 71.1 Å². The van der Waals surface area contributed by atoms with Crippen LogP contribution in [0.2, 0.25) is 0 Å². The van der Waals surface area contributed by atoms with Crippen LogP contribution in [0.4, 0.5) is 20.8 Å². The maximum absolute atomic E-state index is 13.0. The van der Waals surface area contributed by atoms with E-state index in [2.05, 4.69) is 37.4 Å². The molecule has 2 heterocycles. The molecule has 0 spiro atoms. The third-order valence-corrected chi connectivity index (χ3v) is 6.00. The van der Waals surface area contributed by atoms with E-state index in [4.69, 9.17) is 9.47 Å². The molecule has 204 valence electrons. The molecular formula is C27H35FN6O4. The molecule has 2 aromatic heterocycles. The van der Waals surface area contributed by atoms with Crippen LogP contribution in [0.25, 0.3) is 0 Å². The fraction of sp³-hybridized carbons (Fsp3) is 0.519. The number of hydrogen-bond donors (Lipinski definition) is 2. The third kappa shape index (κ3) is 8.30. The highest BCUT2D eigenvalue weighted by atomic mass is 19.1. The number of nitrogens with one attached hydrogen (secondary N) is 2. The van der Waals surface area contributed by atoms with Crippen LogP contribution in [0.15, 0.2) is 24.5 Å². The Bertz CT molecular complexity index is 1190. The van der Waals surface area contributed by atoms with E-state index in [0.29, 0.717) is 23.6 Å². The minimum absolute atomic E-state index is 0.0425. The van der Waals surface area contributed by atoms with Gasteiger partial charge >= 0.3 is 6.09 Å². The normalized spacial score (nSPS) is 17.9. The van der Waals surface area contributed by atoms with Gasteiger partial charge in [-0.05, 0) is 59.1 Å². The lowest BCUT2D eigenvalue weighted by molar-refractivity contribution is -0.126. The first kappa shape index (κ1) is 28.6. The van der Waals surface area contributed by atoms with Crippen molar-refractivity contribution in [1.29, 1.82) is 0 Å². The number of nitrogens with zero attached hydrogens (tertiary/aromatic N) is 4. The van der Waals surface area contributed by atoms with E-state index in [9.17, 15) is 14.0 Å². The van der Waals surface area contributed by atoms with Crippen molar-refractivity contribution in [3.05, 3.63) is 36.0 Å². The molecule has 0 aromatic carbocycles. The van der Waals surface area contributed by atoms with Gasteiger partial charge < -0.3 is 20.1 Å². The highest BCUT2D eigenvalue weighted by Gasteiger charge is 2.29. The zero-order valence-electron chi connectivity index (χ0n) is 22.7. The molecule has 10 nitrogen and oxygen atoms in total. The summed E-state index contributed by atoms with van der Waals surface area (Å²) in [6.07, 6.45) is 5.73. The quantitative estimate of drug-likeness (QED) is 0.428. The van der Waals surface area contributed by atoms with Crippen LogP contribution in [0.3, 0.4) is 0 Å². The van der Waals surface area contributed by atoms with Crippen LogP contribution >= 0.6 is 0 Å². The Kier molecular flexibility index (Phi) is 9.45. The molecule has 2 aromatic rings. The van der Waals surface area contributed by atoms with Crippen molar-refractivity contribution in [2.24, 2.45) is 5.92 Å². The van der Waals surface area contributed by atoms with Crippen LogP contribution < -0.4 is 15.4 Å². The van der Waals surface area contributed by atoms with Gasteiger partial charge in [-0.15, -0.1) is 0 Å². The highest BCUT2D eigenvalue weighted by molar-refractivity contribution is 5.85. The molecule has 1 aliphatic carbocycles. The third-order valence-electron chi connectivity index (χ3n) is 6.00. The lowest BCUT2D eigenvalue weighted by Gasteiger charge is -2.31. The van der Waals surface area contributed by atoms with Gasteiger partial charge in [-0.25, -0.2) is 14.8 Å². The van der Waals surface area contributed by atoms with Gasteiger partial charge in [-0.3, -0.25) is 9.69 Å². The van der Waals surface area contributed by atoms with E-state index in [1.54, 1.807) is 40.9 Å². The minimum Gasteiger partial charge on any atom is -0.480 e. The number of pyridine rings is 1.